The zero-order valence-corrected chi connectivity index (χ0v) is 20.8. The van der Waals surface area contributed by atoms with E-state index >= 15 is 0 Å². The summed E-state index contributed by atoms with van der Waals surface area (Å²) < 4.78 is 18.5. The quantitative estimate of drug-likeness (QED) is 0.474. The second-order valence-corrected chi connectivity index (χ2v) is 8.69. The number of rotatable bonds is 7. The lowest BCUT2D eigenvalue weighted by Crippen LogP contribution is -2.40. The summed E-state index contributed by atoms with van der Waals surface area (Å²) in [5.74, 6) is 0.410. The van der Waals surface area contributed by atoms with Gasteiger partial charge in [-0.2, -0.15) is 0 Å². The van der Waals surface area contributed by atoms with Gasteiger partial charge in [-0.3, -0.25) is 9.36 Å². The van der Waals surface area contributed by atoms with Gasteiger partial charge in [-0.25, -0.2) is 9.79 Å². The average molecular weight is 491 g/mol. The van der Waals surface area contributed by atoms with Gasteiger partial charge in [-0.05, 0) is 31.6 Å². The van der Waals surface area contributed by atoms with Crippen molar-refractivity contribution in [3.63, 3.8) is 0 Å². The highest BCUT2D eigenvalue weighted by Gasteiger charge is 2.35. The van der Waals surface area contributed by atoms with E-state index in [2.05, 4.69) is 4.99 Å². The molecule has 0 saturated heterocycles. The molecule has 0 aliphatic carbocycles. The first-order valence-electron chi connectivity index (χ1n) is 11.1. The van der Waals surface area contributed by atoms with Gasteiger partial charge < -0.3 is 14.2 Å². The van der Waals surface area contributed by atoms with Crippen molar-refractivity contribution >= 4 is 29.5 Å². The number of carbonyl (C=O) groups is 1. The smallest absolute Gasteiger partial charge is 0.338 e. The minimum atomic E-state index is -0.782. The van der Waals surface area contributed by atoms with Crippen molar-refractivity contribution in [3.05, 3.63) is 96.7 Å². The fourth-order valence-corrected chi connectivity index (χ4v) is 5.04. The number of thiazole rings is 1. The molecule has 1 aliphatic heterocycles. The van der Waals surface area contributed by atoms with Gasteiger partial charge in [0.2, 0.25) is 0 Å². The van der Waals surface area contributed by atoms with Gasteiger partial charge in [-0.1, -0.05) is 66.0 Å². The first-order valence-corrected chi connectivity index (χ1v) is 11.9. The molecule has 0 bridgehead atoms. The lowest BCUT2D eigenvalue weighted by Gasteiger charge is -2.26. The molecule has 0 fully saturated rings. The highest BCUT2D eigenvalue weighted by Crippen LogP contribution is 2.40. The monoisotopic (exact) mass is 490 g/mol. The predicted molar refractivity (Wildman–Crippen MR) is 136 cm³/mol. The number of methoxy groups -OCH3 is 2. The molecule has 1 aromatic heterocycles. The Balaban J connectivity index is 1.93. The Kier molecular flexibility index (Phi) is 7.31. The number of para-hydroxylation sites is 1. The van der Waals surface area contributed by atoms with E-state index in [1.54, 1.807) is 39.2 Å². The number of esters is 1. The van der Waals surface area contributed by atoms with Crippen molar-refractivity contribution in [1.82, 2.24) is 4.57 Å². The normalized spacial score (nSPS) is 15.7. The zero-order chi connectivity index (χ0) is 24.9. The summed E-state index contributed by atoms with van der Waals surface area (Å²) in [6.45, 7) is 3.69. The summed E-state index contributed by atoms with van der Waals surface area (Å²) in [6, 6.07) is 14.4. The summed E-state index contributed by atoms with van der Waals surface area (Å²) >= 11 is 1.27. The van der Waals surface area contributed by atoms with Crippen LogP contribution in [0.2, 0.25) is 0 Å². The lowest BCUT2D eigenvalue weighted by molar-refractivity contribution is -0.139. The highest BCUT2D eigenvalue weighted by molar-refractivity contribution is 7.07. The van der Waals surface area contributed by atoms with Crippen LogP contribution in [-0.4, -0.2) is 31.4 Å². The van der Waals surface area contributed by atoms with Crippen LogP contribution in [0.5, 0.6) is 11.5 Å². The van der Waals surface area contributed by atoms with Gasteiger partial charge in [0.1, 0.15) is 6.04 Å². The molecule has 7 nitrogen and oxygen atoms in total. The number of benzene rings is 2. The van der Waals surface area contributed by atoms with Crippen LogP contribution in [0, 0.1) is 0 Å². The number of ether oxygens (including phenoxy) is 3. The highest BCUT2D eigenvalue weighted by atomic mass is 32.1. The third kappa shape index (κ3) is 4.70. The van der Waals surface area contributed by atoms with E-state index in [0.29, 0.717) is 32.1 Å². The summed E-state index contributed by atoms with van der Waals surface area (Å²) in [4.78, 5) is 31.8. The van der Waals surface area contributed by atoms with Gasteiger partial charge in [0, 0.05) is 5.56 Å². The topological polar surface area (TPSA) is 79.1 Å². The molecule has 2 aromatic carbocycles. The molecule has 1 aliphatic rings. The number of hydrogen-bond donors (Lipinski definition) is 0. The molecule has 0 N–H and O–H groups in total. The van der Waals surface area contributed by atoms with Crippen LogP contribution in [-0.2, 0) is 9.53 Å². The first-order chi connectivity index (χ1) is 17.0. The predicted octanol–water partition coefficient (Wildman–Crippen LogP) is 3.48. The van der Waals surface area contributed by atoms with E-state index in [0.717, 1.165) is 5.56 Å². The summed E-state index contributed by atoms with van der Waals surface area (Å²) in [5, 5.41) is 0. The van der Waals surface area contributed by atoms with Gasteiger partial charge in [0.15, 0.2) is 16.3 Å². The van der Waals surface area contributed by atoms with Crippen LogP contribution in [0.1, 0.15) is 31.0 Å². The number of aromatic nitrogens is 1. The second kappa shape index (κ2) is 10.6. The first kappa shape index (κ1) is 24.2. The third-order valence-corrected chi connectivity index (χ3v) is 6.58. The Morgan fingerprint density at radius 1 is 1.11 bits per heavy atom. The van der Waals surface area contributed by atoms with Crippen LogP contribution < -0.4 is 24.4 Å². The molecule has 1 atom stereocenters. The largest absolute Gasteiger partial charge is 0.493 e. The molecular formula is C27H26N2O5S. The maximum absolute atomic E-state index is 13.6. The van der Waals surface area contributed by atoms with Crippen molar-refractivity contribution in [1.29, 1.82) is 0 Å². The van der Waals surface area contributed by atoms with Crippen molar-refractivity contribution in [3.8, 4) is 11.5 Å². The van der Waals surface area contributed by atoms with E-state index < -0.39 is 12.0 Å². The summed E-state index contributed by atoms with van der Waals surface area (Å²) in [5.41, 5.74) is 2.16. The van der Waals surface area contributed by atoms with E-state index in [4.69, 9.17) is 14.2 Å². The Morgan fingerprint density at radius 2 is 1.89 bits per heavy atom. The minimum Gasteiger partial charge on any atom is -0.493 e. The molecule has 8 heteroatoms. The molecule has 0 spiro atoms. The Bertz CT molecular complexity index is 1480. The van der Waals surface area contributed by atoms with Gasteiger partial charge in [0.25, 0.3) is 5.56 Å². The molecule has 1 unspecified atom stereocenters. The van der Waals surface area contributed by atoms with Crippen molar-refractivity contribution in [2.75, 3.05) is 20.8 Å². The molecular weight excluding hydrogens is 464 g/mol. The molecule has 0 radical (unpaired) electrons. The molecule has 4 rings (SSSR count). The zero-order valence-electron chi connectivity index (χ0n) is 20.0. The van der Waals surface area contributed by atoms with E-state index in [9.17, 15) is 9.59 Å². The lowest BCUT2D eigenvalue weighted by atomic mass is 9.94. The maximum Gasteiger partial charge on any atom is 0.338 e. The number of fused-ring (bicyclic) bond motifs is 1. The molecule has 0 amide bonds. The van der Waals surface area contributed by atoms with Gasteiger partial charge in [-0.15, -0.1) is 0 Å². The minimum absolute atomic E-state index is 0.201. The van der Waals surface area contributed by atoms with Crippen molar-refractivity contribution in [2.45, 2.75) is 19.9 Å². The van der Waals surface area contributed by atoms with E-state index in [1.807, 2.05) is 48.6 Å². The Morgan fingerprint density at radius 3 is 2.57 bits per heavy atom. The van der Waals surface area contributed by atoms with E-state index in [-0.39, 0.29) is 17.7 Å². The molecule has 3 aromatic rings. The van der Waals surface area contributed by atoms with Gasteiger partial charge >= 0.3 is 5.97 Å². The Labute approximate surface area is 206 Å². The summed E-state index contributed by atoms with van der Waals surface area (Å²) in [6.07, 6.45) is 5.53. The fourth-order valence-electron chi connectivity index (χ4n) is 4.04. The molecule has 180 valence electrons. The number of carbonyl (C=O) groups excluding carboxylic acids is 1. The number of allylic oxidation sites excluding steroid dienone is 2. The van der Waals surface area contributed by atoms with Crippen LogP contribution in [0.25, 0.3) is 12.2 Å². The SMILES string of the molecule is CCOC(=O)C1=C(C)N=c2s/c(=C\C=C\c3ccccc3)c(=O)n2C1c1cccc(OC)c1OC. The second-order valence-electron chi connectivity index (χ2n) is 7.68. The van der Waals surface area contributed by atoms with Crippen LogP contribution >= 0.6 is 11.3 Å². The fraction of sp³-hybridized carbons (Fsp3) is 0.222. The number of hydrogen-bond acceptors (Lipinski definition) is 7. The maximum atomic E-state index is 13.6. The molecule has 0 saturated carbocycles. The van der Waals surface area contributed by atoms with Crippen molar-refractivity contribution in [2.24, 2.45) is 4.99 Å². The van der Waals surface area contributed by atoms with E-state index in [1.165, 1.54) is 23.0 Å². The number of nitrogens with zero attached hydrogens (tertiary/aromatic N) is 2. The summed E-state index contributed by atoms with van der Waals surface area (Å²) in [7, 11) is 3.07. The van der Waals surface area contributed by atoms with Gasteiger partial charge in [0.05, 0.1) is 36.6 Å². The third-order valence-electron chi connectivity index (χ3n) is 5.58. The Hall–Kier alpha value is -3.91. The van der Waals surface area contributed by atoms with Crippen LogP contribution in [0.3, 0.4) is 0 Å². The molecule has 35 heavy (non-hydrogen) atoms. The molecule has 2 heterocycles. The van der Waals surface area contributed by atoms with Crippen LogP contribution in [0.15, 0.2) is 75.7 Å². The standard InChI is InChI=1S/C27H26N2O5S/c1-5-34-26(31)22-17(2)28-27-29(23(22)19-14-10-15-20(32-3)24(19)33-4)25(30)21(35-27)16-9-13-18-11-7-6-8-12-18/h6-16,23H,5H2,1-4H3/b13-9+,21-16-. The van der Waals surface area contributed by atoms with Crippen molar-refractivity contribution < 1.29 is 19.0 Å². The van der Waals surface area contributed by atoms with Crippen LogP contribution in [0.4, 0.5) is 0 Å². The average Bonchev–Trinajstić information content (AvgIpc) is 3.17.